The summed E-state index contributed by atoms with van der Waals surface area (Å²) in [4.78, 5) is 29.3. The van der Waals surface area contributed by atoms with Gasteiger partial charge in [0.2, 0.25) is 5.91 Å². The lowest BCUT2D eigenvalue weighted by Crippen LogP contribution is -2.25. The molecule has 9 heteroatoms. The van der Waals surface area contributed by atoms with Crippen LogP contribution in [0.3, 0.4) is 0 Å². The molecule has 1 unspecified atom stereocenters. The van der Waals surface area contributed by atoms with Gasteiger partial charge in [0, 0.05) is 11.3 Å². The summed E-state index contributed by atoms with van der Waals surface area (Å²) >= 11 is 1.12. The van der Waals surface area contributed by atoms with Gasteiger partial charge in [0.05, 0.1) is 23.0 Å². The molecule has 1 atom stereocenters. The molecule has 3 aromatic rings. The van der Waals surface area contributed by atoms with Crippen molar-refractivity contribution in [2.45, 2.75) is 50.3 Å². The van der Waals surface area contributed by atoms with E-state index in [9.17, 15) is 20.1 Å². The van der Waals surface area contributed by atoms with E-state index in [0.29, 0.717) is 34.7 Å². The first-order valence-electron chi connectivity index (χ1n) is 12.2. The zero-order valence-electron chi connectivity index (χ0n) is 21.7. The molecule has 38 heavy (non-hydrogen) atoms. The summed E-state index contributed by atoms with van der Waals surface area (Å²) in [6, 6.07) is 18.3. The third kappa shape index (κ3) is 6.31. The lowest BCUT2D eigenvalue weighted by molar-refractivity contribution is -0.115. The molecule has 2 aromatic carbocycles. The Balaban J connectivity index is 1.92. The molecular weight excluding hydrogens is 498 g/mol. The van der Waals surface area contributed by atoms with E-state index < -0.39 is 11.2 Å². The lowest BCUT2D eigenvalue weighted by atomic mass is 9.94. The summed E-state index contributed by atoms with van der Waals surface area (Å²) < 4.78 is 4.98. The molecule has 0 radical (unpaired) electrons. The van der Waals surface area contributed by atoms with Crippen LogP contribution in [0, 0.1) is 22.7 Å². The summed E-state index contributed by atoms with van der Waals surface area (Å²) in [5.41, 5.74) is 9.59. The third-order valence-electron chi connectivity index (χ3n) is 5.86. The predicted octanol–water partition coefficient (Wildman–Crippen LogP) is 5.88. The number of carbonyl (C=O) groups excluding carboxylic acids is 2. The molecule has 3 rings (SSSR count). The van der Waals surface area contributed by atoms with Crippen molar-refractivity contribution < 1.29 is 14.3 Å². The summed E-state index contributed by atoms with van der Waals surface area (Å²) in [6.45, 7) is 8.02. The molecule has 3 N–H and O–H groups in total. The van der Waals surface area contributed by atoms with Crippen LogP contribution in [0.4, 0.5) is 11.5 Å². The number of nitrogens with zero attached hydrogens (tertiary/aromatic N) is 3. The van der Waals surface area contributed by atoms with Crippen LogP contribution < -0.4 is 11.1 Å². The van der Waals surface area contributed by atoms with Crippen molar-refractivity contribution in [3.63, 3.8) is 0 Å². The van der Waals surface area contributed by atoms with Gasteiger partial charge in [0.25, 0.3) is 0 Å². The number of thioether (sulfide) groups is 1. The third-order valence-corrected chi connectivity index (χ3v) is 7.21. The first-order valence-corrected chi connectivity index (χ1v) is 13.1. The summed E-state index contributed by atoms with van der Waals surface area (Å²) in [6.07, 6.45) is 0.447. The molecule has 0 fully saturated rings. The Morgan fingerprint density at radius 3 is 2.18 bits per heavy atom. The number of hydrogen-bond donors (Lipinski definition) is 2. The van der Waals surface area contributed by atoms with Gasteiger partial charge in [-0.05, 0) is 54.7 Å². The van der Waals surface area contributed by atoms with Crippen LogP contribution in [0.1, 0.15) is 67.1 Å². The molecular formula is C29H29N5O3S. The highest BCUT2D eigenvalue weighted by Gasteiger charge is 2.25. The van der Waals surface area contributed by atoms with E-state index in [2.05, 4.69) is 36.3 Å². The van der Waals surface area contributed by atoms with Crippen LogP contribution in [0.5, 0.6) is 0 Å². The van der Waals surface area contributed by atoms with Crippen LogP contribution in [0.25, 0.3) is 11.1 Å². The first-order chi connectivity index (χ1) is 18.2. The molecule has 0 saturated heterocycles. The number of rotatable bonds is 9. The fourth-order valence-electron chi connectivity index (χ4n) is 3.79. The monoisotopic (exact) mass is 527 g/mol. The Kier molecular flexibility index (Phi) is 9.48. The molecule has 1 heterocycles. The van der Waals surface area contributed by atoms with Crippen molar-refractivity contribution in [3.8, 4) is 23.3 Å². The number of amides is 1. The molecule has 1 amide bonds. The molecule has 0 aliphatic heterocycles. The highest BCUT2D eigenvalue weighted by Crippen LogP contribution is 2.38. The summed E-state index contributed by atoms with van der Waals surface area (Å²) in [5.74, 6) is -0.399. The zero-order chi connectivity index (χ0) is 27.8. The molecule has 0 bridgehead atoms. The average Bonchev–Trinajstić information content (AvgIpc) is 2.91. The number of carbonyl (C=O) groups is 2. The molecule has 0 spiro atoms. The minimum atomic E-state index is -0.595. The van der Waals surface area contributed by atoms with Crippen LogP contribution in [-0.4, -0.2) is 28.7 Å². The van der Waals surface area contributed by atoms with Crippen LogP contribution in [0.15, 0.2) is 53.6 Å². The van der Waals surface area contributed by atoms with Gasteiger partial charge in [0.1, 0.15) is 28.5 Å². The molecule has 0 aliphatic carbocycles. The van der Waals surface area contributed by atoms with Gasteiger partial charge < -0.3 is 15.8 Å². The van der Waals surface area contributed by atoms with Crippen molar-refractivity contribution in [2.75, 3.05) is 17.7 Å². The summed E-state index contributed by atoms with van der Waals surface area (Å²) in [7, 11) is 0. The number of nitrogens with two attached hydrogens (primary N) is 1. The molecule has 194 valence electrons. The van der Waals surface area contributed by atoms with Crippen molar-refractivity contribution in [2.24, 2.45) is 0 Å². The van der Waals surface area contributed by atoms with E-state index in [-0.39, 0.29) is 34.5 Å². The Morgan fingerprint density at radius 2 is 1.66 bits per heavy atom. The topological polar surface area (TPSA) is 142 Å². The van der Waals surface area contributed by atoms with E-state index in [4.69, 9.17) is 10.5 Å². The Labute approximate surface area is 226 Å². The van der Waals surface area contributed by atoms with Gasteiger partial charge in [-0.2, -0.15) is 10.5 Å². The fraction of sp³-hybridized carbons (Fsp3) is 0.276. The van der Waals surface area contributed by atoms with Gasteiger partial charge in [-0.1, -0.05) is 56.8 Å². The van der Waals surface area contributed by atoms with E-state index in [1.165, 1.54) is 0 Å². The van der Waals surface area contributed by atoms with Crippen molar-refractivity contribution in [1.29, 1.82) is 10.5 Å². The first kappa shape index (κ1) is 28.2. The summed E-state index contributed by atoms with van der Waals surface area (Å²) in [5, 5.41) is 22.4. The fourth-order valence-corrected chi connectivity index (χ4v) is 4.81. The minimum Gasteiger partial charge on any atom is -0.462 e. The number of pyridine rings is 1. The Bertz CT molecular complexity index is 1400. The van der Waals surface area contributed by atoms with Crippen molar-refractivity contribution >= 4 is 35.1 Å². The normalized spacial score (nSPS) is 11.3. The standard InChI is InChI=1S/C29H29N5O3S/c1-5-24(27(35)33-21-13-11-20(12-14-21)29(36)37-6-2)38-28-23(16-31)25(22(15-30)26(32)34-28)19-9-7-18(8-10-19)17(3)4/h7-14,17,24H,5-6H2,1-4H3,(H2,32,34)(H,33,35). The predicted molar refractivity (Wildman–Crippen MR) is 149 cm³/mol. The number of nitrogen functional groups attached to an aromatic ring is 1. The average molecular weight is 528 g/mol. The van der Waals surface area contributed by atoms with E-state index in [0.717, 1.165) is 17.3 Å². The van der Waals surface area contributed by atoms with Crippen molar-refractivity contribution in [3.05, 3.63) is 70.8 Å². The highest BCUT2D eigenvalue weighted by molar-refractivity contribution is 8.00. The smallest absolute Gasteiger partial charge is 0.338 e. The number of nitrogens with one attached hydrogen (secondary N) is 1. The minimum absolute atomic E-state index is 0.00162. The maximum atomic E-state index is 13.1. The lowest BCUT2D eigenvalue weighted by Gasteiger charge is -2.18. The van der Waals surface area contributed by atoms with Crippen LogP contribution in [-0.2, 0) is 9.53 Å². The van der Waals surface area contributed by atoms with Gasteiger partial charge in [0.15, 0.2) is 0 Å². The van der Waals surface area contributed by atoms with Crippen LogP contribution >= 0.6 is 11.8 Å². The Hall–Kier alpha value is -4.34. The van der Waals surface area contributed by atoms with Gasteiger partial charge in [-0.25, -0.2) is 9.78 Å². The Morgan fingerprint density at radius 1 is 1.03 bits per heavy atom. The molecule has 1 aromatic heterocycles. The van der Waals surface area contributed by atoms with Gasteiger partial charge in [-0.3, -0.25) is 4.79 Å². The molecule has 0 saturated carbocycles. The van der Waals surface area contributed by atoms with Gasteiger partial charge >= 0.3 is 5.97 Å². The van der Waals surface area contributed by atoms with E-state index in [1.807, 2.05) is 31.2 Å². The van der Waals surface area contributed by atoms with Gasteiger partial charge in [-0.15, -0.1) is 0 Å². The number of anilines is 2. The molecule has 8 nitrogen and oxygen atoms in total. The van der Waals surface area contributed by atoms with E-state index in [1.54, 1.807) is 31.2 Å². The number of esters is 1. The number of benzene rings is 2. The van der Waals surface area contributed by atoms with Crippen LogP contribution in [0.2, 0.25) is 0 Å². The second-order valence-corrected chi connectivity index (χ2v) is 9.92. The SMILES string of the molecule is CCOC(=O)c1ccc(NC(=O)C(CC)Sc2nc(N)c(C#N)c(-c3ccc(C(C)C)cc3)c2C#N)cc1. The number of aromatic nitrogens is 1. The maximum Gasteiger partial charge on any atom is 0.338 e. The zero-order valence-corrected chi connectivity index (χ0v) is 22.6. The number of hydrogen-bond acceptors (Lipinski definition) is 8. The quantitative estimate of drug-likeness (QED) is 0.259. The number of nitriles is 2. The second-order valence-electron chi connectivity index (χ2n) is 8.73. The van der Waals surface area contributed by atoms with E-state index >= 15 is 0 Å². The highest BCUT2D eigenvalue weighted by atomic mass is 32.2. The van der Waals surface area contributed by atoms with Crippen molar-refractivity contribution in [1.82, 2.24) is 4.98 Å². The largest absolute Gasteiger partial charge is 0.462 e. The molecule has 0 aliphatic rings. The second kappa shape index (κ2) is 12.8. The maximum absolute atomic E-state index is 13.1. The number of ether oxygens (including phenoxy) is 1.